The topological polar surface area (TPSA) is 98.2 Å². The lowest BCUT2D eigenvalue weighted by molar-refractivity contribution is 0.000344. The maximum Gasteiger partial charge on any atom is 0.225 e. The predicted molar refractivity (Wildman–Crippen MR) is 122 cm³/mol. The Morgan fingerprint density at radius 3 is 2.19 bits per heavy atom. The molecular formula is C23H33N5O3S. The number of hydrogen-bond donors (Lipinski definition) is 0. The lowest BCUT2D eigenvalue weighted by atomic mass is 9.85. The third-order valence-corrected chi connectivity index (χ3v) is 7.66. The molecule has 3 heterocycles. The third-order valence-electron chi connectivity index (χ3n) is 6.69. The number of rotatable bonds is 7. The van der Waals surface area contributed by atoms with Gasteiger partial charge in [0.25, 0.3) is 0 Å². The molecule has 0 radical (unpaired) electrons. The first-order valence-electron chi connectivity index (χ1n) is 11.6. The predicted octanol–water partition coefficient (Wildman–Crippen LogP) is 3.19. The minimum atomic E-state index is -3.30. The Morgan fingerprint density at radius 2 is 1.62 bits per heavy atom. The average Bonchev–Trinajstić information content (AvgIpc) is 2.83. The maximum atomic E-state index is 11.6. The van der Waals surface area contributed by atoms with E-state index in [0.717, 1.165) is 82.5 Å². The van der Waals surface area contributed by atoms with Gasteiger partial charge in [0.15, 0.2) is 14.9 Å². The molecule has 2 aromatic heterocycles. The van der Waals surface area contributed by atoms with Crippen molar-refractivity contribution in [3.63, 3.8) is 0 Å². The van der Waals surface area contributed by atoms with Crippen molar-refractivity contribution in [3.8, 4) is 0 Å². The highest BCUT2D eigenvalue weighted by Gasteiger charge is 2.26. The van der Waals surface area contributed by atoms with Gasteiger partial charge in [-0.05, 0) is 56.4 Å². The van der Waals surface area contributed by atoms with Gasteiger partial charge in [-0.15, -0.1) is 0 Å². The summed E-state index contributed by atoms with van der Waals surface area (Å²) in [6.07, 6.45) is 15.5. The van der Waals surface area contributed by atoms with Crippen LogP contribution >= 0.6 is 0 Å². The molecule has 0 aromatic carbocycles. The summed E-state index contributed by atoms with van der Waals surface area (Å²) < 4.78 is 29.4. The number of ether oxygens (including phenoxy) is 1. The molecule has 0 spiro atoms. The lowest BCUT2D eigenvalue weighted by Crippen LogP contribution is -2.36. The largest absolute Gasteiger partial charge is 0.378 e. The van der Waals surface area contributed by atoms with Crippen LogP contribution in [0.1, 0.15) is 62.6 Å². The van der Waals surface area contributed by atoms with E-state index < -0.39 is 9.84 Å². The van der Waals surface area contributed by atoms with Gasteiger partial charge in [-0.25, -0.2) is 23.4 Å². The Labute approximate surface area is 190 Å². The molecule has 32 heavy (non-hydrogen) atoms. The fourth-order valence-electron chi connectivity index (χ4n) is 4.52. The summed E-state index contributed by atoms with van der Waals surface area (Å²) in [7, 11) is -3.30. The van der Waals surface area contributed by atoms with Gasteiger partial charge < -0.3 is 9.64 Å². The Balaban J connectivity index is 1.18. The lowest BCUT2D eigenvalue weighted by Gasteiger charge is -2.34. The van der Waals surface area contributed by atoms with Crippen LogP contribution in [-0.2, 0) is 21.0 Å². The zero-order valence-electron chi connectivity index (χ0n) is 19.0. The SMILES string of the molecule is CCc1cnc(N2CCC(CO[C@H]3CC[C@H](c4cnc(S(C)(=O)=O)cn4)CC3)CC2)nc1. The quantitative estimate of drug-likeness (QED) is 0.623. The van der Waals surface area contributed by atoms with Crippen molar-refractivity contribution < 1.29 is 13.2 Å². The van der Waals surface area contributed by atoms with Crippen molar-refractivity contribution >= 4 is 15.8 Å². The van der Waals surface area contributed by atoms with E-state index in [1.807, 2.05) is 12.4 Å². The van der Waals surface area contributed by atoms with Crippen LogP contribution in [0, 0.1) is 5.92 Å². The number of sulfone groups is 1. The van der Waals surface area contributed by atoms with E-state index in [1.54, 1.807) is 6.20 Å². The van der Waals surface area contributed by atoms with E-state index in [4.69, 9.17) is 4.74 Å². The monoisotopic (exact) mass is 459 g/mol. The van der Waals surface area contributed by atoms with E-state index in [-0.39, 0.29) is 5.03 Å². The molecule has 1 saturated carbocycles. The number of hydrogen-bond acceptors (Lipinski definition) is 8. The first kappa shape index (κ1) is 23.0. The van der Waals surface area contributed by atoms with Crippen LogP contribution in [0.4, 0.5) is 5.95 Å². The molecule has 2 fully saturated rings. The summed E-state index contributed by atoms with van der Waals surface area (Å²) in [6.45, 7) is 4.90. The second-order valence-electron chi connectivity index (χ2n) is 9.03. The van der Waals surface area contributed by atoms with Gasteiger partial charge in [-0.3, -0.25) is 4.98 Å². The molecule has 0 atom stereocenters. The molecule has 1 aliphatic carbocycles. The number of piperidine rings is 1. The molecule has 0 N–H and O–H groups in total. The summed E-state index contributed by atoms with van der Waals surface area (Å²) in [5.74, 6) is 1.76. The first-order valence-corrected chi connectivity index (χ1v) is 13.5. The summed E-state index contributed by atoms with van der Waals surface area (Å²) in [5.41, 5.74) is 2.06. The number of nitrogens with zero attached hydrogens (tertiary/aromatic N) is 5. The summed E-state index contributed by atoms with van der Waals surface area (Å²) >= 11 is 0. The highest BCUT2D eigenvalue weighted by molar-refractivity contribution is 7.90. The molecule has 1 aliphatic heterocycles. The zero-order chi connectivity index (χ0) is 22.6. The van der Waals surface area contributed by atoms with Crippen LogP contribution in [0.15, 0.2) is 29.8 Å². The average molecular weight is 460 g/mol. The fourth-order valence-corrected chi connectivity index (χ4v) is 5.01. The van der Waals surface area contributed by atoms with Crippen LogP contribution < -0.4 is 4.90 Å². The highest BCUT2D eigenvalue weighted by atomic mass is 32.2. The fraction of sp³-hybridized carbons (Fsp3) is 0.652. The van der Waals surface area contributed by atoms with Gasteiger partial charge in [0, 0.05) is 44.3 Å². The highest BCUT2D eigenvalue weighted by Crippen LogP contribution is 2.33. The molecule has 2 aliphatic rings. The van der Waals surface area contributed by atoms with Gasteiger partial charge in [0.05, 0.1) is 24.2 Å². The van der Waals surface area contributed by atoms with Crippen LogP contribution in [0.5, 0.6) is 0 Å². The van der Waals surface area contributed by atoms with E-state index in [9.17, 15) is 8.42 Å². The molecule has 174 valence electrons. The van der Waals surface area contributed by atoms with Gasteiger partial charge in [-0.2, -0.15) is 0 Å². The molecule has 0 unspecified atom stereocenters. The molecule has 0 bridgehead atoms. The van der Waals surface area contributed by atoms with Crippen LogP contribution in [0.2, 0.25) is 0 Å². The summed E-state index contributed by atoms with van der Waals surface area (Å²) in [5, 5.41) is 0.0360. The smallest absolute Gasteiger partial charge is 0.225 e. The van der Waals surface area contributed by atoms with Gasteiger partial charge in [-0.1, -0.05) is 6.92 Å². The minimum absolute atomic E-state index is 0.0360. The van der Waals surface area contributed by atoms with Crippen molar-refractivity contribution in [2.75, 3.05) is 30.9 Å². The standard InChI is InChI=1S/C23H33N5O3S/c1-3-17-12-26-23(27-13-17)28-10-8-18(9-11-28)16-31-20-6-4-19(5-7-20)21-14-25-22(15-24-21)32(2,29)30/h12-15,18-20H,3-11,16H2,1-2H3/t19-,20-. The molecule has 4 rings (SSSR count). The van der Waals surface area contributed by atoms with Crippen LogP contribution in [0.25, 0.3) is 0 Å². The molecule has 8 nitrogen and oxygen atoms in total. The Bertz CT molecular complexity index is 966. The number of anilines is 1. The Hall–Kier alpha value is -2.13. The van der Waals surface area contributed by atoms with Crippen molar-refractivity contribution in [3.05, 3.63) is 36.0 Å². The Morgan fingerprint density at radius 1 is 0.938 bits per heavy atom. The summed E-state index contributed by atoms with van der Waals surface area (Å²) in [6, 6.07) is 0. The molecular weight excluding hydrogens is 426 g/mol. The van der Waals surface area contributed by atoms with Gasteiger partial charge >= 0.3 is 0 Å². The first-order chi connectivity index (χ1) is 15.4. The summed E-state index contributed by atoms with van der Waals surface area (Å²) in [4.78, 5) is 19.7. The second-order valence-corrected chi connectivity index (χ2v) is 11.0. The van der Waals surface area contributed by atoms with Crippen molar-refractivity contribution in [2.24, 2.45) is 5.92 Å². The van der Waals surface area contributed by atoms with E-state index in [0.29, 0.717) is 17.9 Å². The molecule has 1 saturated heterocycles. The van der Waals surface area contributed by atoms with Crippen LogP contribution in [0.3, 0.4) is 0 Å². The van der Waals surface area contributed by atoms with Crippen molar-refractivity contribution in [1.82, 2.24) is 19.9 Å². The normalized spacial score (nSPS) is 22.8. The molecule has 2 aromatic rings. The zero-order valence-corrected chi connectivity index (χ0v) is 19.8. The third kappa shape index (κ3) is 5.81. The molecule has 9 heteroatoms. The van der Waals surface area contributed by atoms with Gasteiger partial charge in [0.2, 0.25) is 5.95 Å². The Kier molecular flexibility index (Phi) is 7.35. The van der Waals surface area contributed by atoms with E-state index >= 15 is 0 Å². The number of aromatic nitrogens is 4. The maximum absolute atomic E-state index is 11.6. The second kappa shape index (κ2) is 10.2. The van der Waals surface area contributed by atoms with Gasteiger partial charge in [0.1, 0.15) is 0 Å². The number of aryl methyl sites for hydroxylation is 1. The minimum Gasteiger partial charge on any atom is -0.378 e. The van der Waals surface area contributed by atoms with Crippen molar-refractivity contribution in [1.29, 1.82) is 0 Å². The van der Waals surface area contributed by atoms with E-state index in [1.165, 1.54) is 11.8 Å². The van der Waals surface area contributed by atoms with Crippen molar-refractivity contribution in [2.45, 2.75) is 68.9 Å². The molecule has 0 amide bonds. The van der Waals surface area contributed by atoms with E-state index in [2.05, 4.69) is 31.8 Å². The van der Waals surface area contributed by atoms with Crippen LogP contribution in [-0.4, -0.2) is 60.4 Å².